The van der Waals surface area contributed by atoms with Gasteiger partial charge in [-0.25, -0.2) is 0 Å². The molecule has 0 aliphatic rings. The van der Waals surface area contributed by atoms with Crippen LogP contribution in [0.3, 0.4) is 0 Å². The molecule has 0 aromatic carbocycles. The number of aliphatic hydroxyl groups is 3. The smallest absolute Gasteiger partial charge is 0.303 e. The van der Waals surface area contributed by atoms with Gasteiger partial charge in [-0.3, -0.25) is 4.79 Å². The Kier molecular flexibility index (Phi) is 25.8. The average Bonchev–Trinajstić information content (AvgIpc) is 2.70. The van der Waals surface area contributed by atoms with Crippen molar-refractivity contribution in [2.24, 2.45) is 0 Å². The Bertz CT molecular complexity index is 434. The molecular weight excluding hydrogens is 356 g/mol. The molecule has 5 heteroatoms. The number of allylic oxidation sites excluding steroid dienone is 8. The summed E-state index contributed by atoms with van der Waals surface area (Å²) in [6.45, 7) is 1.50. The molecule has 0 heterocycles. The third kappa shape index (κ3) is 29.1. The molecule has 0 aromatic heterocycles. The molecule has 162 valence electrons. The Balaban J connectivity index is 0. The number of unbranched alkanes of at least 4 members (excludes halogenated alkanes) is 4. The van der Waals surface area contributed by atoms with E-state index in [-0.39, 0.29) is 19.6 Å². The van der Waals surface area contributed by atoms with Crippen LogP contribution in [0.25, 0.3) is 0 Å². The molecule has 0 bridgehead atoms. The van der Waals surface area contributed by atoms with Crippen LogP contribution in [-0.2, 0) is 4.79 Å². The minimum atomic E-state index is -0.954. The molecule has 0 rings (SSSR count). The van der Waals surface area contributed by atoms with E-state index >= 15 is 0 Å². The summed E-state index contributed by atoms with van der Waals surface area (Å²) in [7, 11) is 0. The van der Waals surface area contributed by atoms with Crippen LogP contribution < -0.4 is 0 Å². The maximum atomic E-state index is 10.3. The van der Waals surface area contributed by atoms with Gasteiger partial charge in [-0.2, -0.15) is 0 Å². The van der Waals surface area contributed by atoms with Crippen LogP contribution in [0.15, 0.2) is 48.6 Å². The molecule has 0 amide bonds. The molecule has 0 fully saturated rings. The first-order chi connectivity index (χ1) is 13.6. The fourth-order valence-corrected chi connectivity index (χ4v) is 1.99. The van der Waals surface area contributed by atoms with Crippen molar-refractivity contribution in [3.63, 3.8) is 0 Å². The minimum absolute atomic E-state index is 0.262. The van der Waals surface area contributed by atoms with E-state index in [2.05, 4.69) is 55.5 Å². The predicted octanol–water partition coefficient (Wildman–Crippen LogP) is 4.55. The maximum Gasteiger partial charge on any atom is 0.303 e. The highest BCUT2D eigenvalue weighted by Crippen LogP contribution is 2.01. The number of aliphatic carboxylic acids is 1. The maximum absolute atomic E-state index is 10.3. The first kappa shape index (κ1) is 28.5. The summed E-state index contributed by atoms with van der Waals surface area (Å²) < 4.78 is 0. The lowest BCUT2D eigenvalue weighted by atomic mass is 10.2. The Morgan fingerprint density at radius 1 is 0.750 bits per heavy atom. The summed E-state index contributed by atoms with van der Waals surface area (Å²) in [5.41, 5.74) is 0. The Morgan fingerprint density at radius 2 is 1.18 bits per heavy atom. The van der Waals surface area contributed by atoms with Crippen LogP contribution in [0.4, 0.5) is 0 Å². The minimum Gasteiger partial charge on any atom is -0.481 e. The van der Waals surface area contributed by atoms with E-state index in [1.807, 2.05) is 0 Å². The van der Waals surface area contributed by atoms with E-state index in [1.165, 1.54) is 25.7 Å². The lowest BCUT2D eigenvalue weighted by molar-refractivity contribution is -0.137. The van der Waals surface area contributed by atoms with Crippen molar-refractivity contribution in [3.8, 4) is 0 Å². The zero-order valence-corrected chi connectivity index (χ0v) is 17.4. The Labute approximate surface area is 170 Å². The third-order valence-corrected chi connectivity index (χ3v) is 3.64. The first-order valence-electron chi connectivity index (χ1n) is 10.3. The molecule has 5 nitrogen and oxygen atoms in total. The molecule has 0 aliphatic heterocycles. The van der Waals surface area contributed by atoms with Crippen LogP contribution >= 0.6 is 0 Å². The lowest BCUT2D eigenvalue weighted by Crippen LogP contribution is -2.15. The van der Waals surface area contributed by atoms with E-state index in [9.17, 15) is 4.79 Å². The van der Waals surface area contributed by atoms with Gasteiger partial charge in [0.2, 0.25) is 0 Å². The standard InChI is InChI=1S/C20H32O2.C3H8O3/c1-2-3-4-5-6-7-8-9-10-11-12-13-14-15-16-17-18-19-20(21)22;4-1-3(6)2-5/h6-7,9-10,12-13,15-16H,2-5,8,11,14,17-19H2,1H3,(H,21,22);3-6H,1-2H2. The second-order valence-electron chi connectivity index (χ2n) is 6.39. The number of hydrogen-bond acceptors (Lipinski definition) is 4. The van der Waals surface area contributed by atoms with Crippen LogP contribution in [0.1, 0.15) is 71.1 Å². The zero-order chi connectivity index (χ0) is 21.3. The fraction of sp³-hybridized carbons (Fsp3) is 0.609. The summed E-state index contributed by atoms with van der Waals surface area (Å²) >= 11 is 0. The number of rotatable bonds is 16. The van der Waals surface area contributed by atoms with E-state index in [0.29, 0.717) is 0 Å². The number of aliphatic hydroxyl groups excluding tert-OH is 3. The highest BCUT2D eigenvalue weighted by atomic mass is 16.4. The first-order valence-corrected chi connectivity index (χ1v) is 10.3. The third-order valence-electron chi connectivity index (χ3n) is 3.64. The van der Waals surface area contributed by atoms with Crippen LogP contribution in [-0.4, -0.2) is 45.7 Å². The van der Waals surface area contributed by atoms with Crippen molar-refractivity contribution in [2.45, 2.75) is 77.2 Å². The molecule has 0 aromatic rings. The van der Waals surface area contributed by atoms with Gasteiger partial charge in [0.25, 0.3) is 0 Å². The van der Waals surface area contributed by atoms with Gasteiger partial charge in [0.1, 0.15) is 6.10 Å². The predicted molar refractivity (Wildman–Crippen MR) is 116 cm³/mol. The molecule has 0 aliphatic carbocycles. The van der Waals surface area contributed by atoms with E-state index < -0.39 is 12.1 Å². The summed E-state index contributed by atoms with van der Waals surface area (Å²) in [6, 6.07) is 0. The fourth-order valence-electron chi connectivity index (χ4n) is 1.99. The van der Waals surface area contributed by atoms with E-state index in [4.69, 9.17) is 20.4 Å². The average molecular weight is 397 g/mol. The number of carbonyl (C=O) groups is 1. The van der Waals surface area contributed by atoms with E-state index in [0.717, 1.165) is 32.1 Å². The molecule has 0 unspecified atom stereocenters. The van der Waals surface area contributed by atoms with Crippen LogP contribution in [0, 0.1) is 0 Å². The van der Waals surface area contributed by atoms with Crippen molar-refractivity contribution in [3.05, 3.63) is 48.6 Å². The van der Waals surface area contributed by atoms with Crippen molar-refractivity contribution in [1.29, 1.82) is 0 Å². The normalized spacial score (nSPS) is 11.9. The Hall–Kier alpha value is -1.69. The second-order valence-corrected chi connectivity index (χ2v) is 6.39. The van der Waals surface area contributed by atoms with Crippen molar-refractivity contribution in [2.75, 3.05) is 13.2 Å². The molecular formula is C23H40O5. The van der Waals surface area contributed by atoms with E-state index in [1.54, 1.807) is 0 Å². The van der Waals surface area contributed by atoms with Gasteiger partial charge in [0, 0.05) is 6.42 Å². The largest absolute Gasteiger partial charge is 0.481 e. The van der Waals surface area contributed by atoms with Crippen molar-refractivity contribution >= 4 is 5.97 Å². The summed E-state index contributed by atoms with van der Waals surface area (Å²) in [5.74, 6) is -0.712. The van der Waals surface area contributed by atoms with Crippen molar-refractivity contribution < 1.29 is 25.2 Å². The number of carboxylic acid groups (broad SMARTS) is 1. The van der Waals surface area contributed by atoms with Gasteiger partial charge >= 0.3 is 5.97 Å². The summed E-state index contributed by atoms with van der Waals surface area (Å²) in [5, 5.41) is 32.5. The van der Waals surface area contributed by atoms with Gasteiger partial charge in [-0.15, -0.1) is 0 Å². The SMILES string of the molecule is CCCCCC=CCC=CCC=CCC=CCCCC(=O)O.OCC(O)CO. The van der Waals surface area contributed by atoms with Gasteiger partial charge in [0.15, 0.2) is 0 Å². The summed E-state index contributed by atoms with van der Waals surface area (Å²) in [6.07, 6.45) is 26.4. The van der Waals surface area contributed by atoms with Gasteiger partial charge in [0.05, 0.1) is 13.2 Å². The van der Waals surface area contributed by atoms with Gasteiger partial charge < -0.3 is 20.4 Å². The van der Waals surface area contributed by atoms with Gasteiger partial charge in [-0.05, 0) is 44.9 Å². The lowest BCUT2D eigenvalue weighted by Gasteiger charge is -1.96. The Morgan fingerprint density at radius 3 is 1.54 bits per heavy atom. The van der Waals surface area contributed by atoms with Crippen LogP contribution in [0.2, 0.25) is 0 Å². The molecule has 0 radical (unpaired) electrons. The molecule has 28 heavy (non-hydrogen) atoms. The van der Waals surface area contributed by atoms with Crippen LogP contribution in [0.5, 0.6) is 0 Å². The topological polar surface area (TPSA) is 98.0 Å². The molecule has 0 saturated carbocycles. The zero-order valence-electron chi connectivity index (χ0n) is 17.4. The van der Waals surface area contributed by atoms with Gasteiger partial charge in [-0.1, -0.05) is 68.4 Å². The highest BCUT2D eigenvalue weighted by Gasteiger charge is 1.94. The molecule has 4 N–H and O–H groups in total. The molecule has 0 spiro atoms. The number of hydrogen-bond donors (Lipinski definition) is 4. The summed E-state index contributed by atoms with van der Waals surface area (Å²) in [4.78, 5) is 10.3. The second kappa shape index (κ2) is 25.3. The monoisotopic (exact) mass is 396 g/mol. The quantitative estimate of drug-likeness (QED) is 0.227. The molecule has 0 saturated heterocycles. The highest BCUT2D eigenvalue weighted by molar-refractivity contribution is 5.66. The van der Waals surface area contributed by atoms with Crippen molar-refractivity contribution in [1.82, 2.24) is 0 Å². The number of carboxylic acids is 1. The molecule has 0 atom stereocenters.